The molecule has 1 heterocycles. The molecule has 3 heteroatoms. The second-order valence-corrected chi connectivity index (χ2v) is 5.22. The molecular weight excluding hydrogens is 234 g/mol. The van der Waals surface area contributed by atoms with Gasteiger partial charge in [0.1, 0.15) is 5.82 Å². The van der Waals surface area contributed by atoms with Crippen LogP contribution in [0.2, 0.25) is 0 Å². The second kappa shape index (κ2) is 5.10. The smallest absolute Gasteiger partial charge is 0.145 e. The predicted octanol–water partition coefficient (Wildman–Crippen LogP) is 3.40. The maximum Gasteiger partial charge on any atom is 0.145 e. The number of nitrogens with zero attached hydrogens (tertiary/aromatic N) is 2. The second-order valence-electron chi connectivity index (χ2n) is 5.22. The Hall–Kier alpha value is -1.74. The first-order valence-electron chi connectivity index (χ1n) is 6.58. The highest BCUT2D eigenvalue weighted by molar-refractivity contribution is 5.70. The largest absolute Gasteiger partial charge is 0.322 e. The fraction of sp³-hybridized carbons (Fsp3) is 0.375. The van der Waals surface area contributed by atoms with E-state index in [4.69, 9.17) is 5.73 Å². The highest BCUT2D eigenvalue weighted by Gasteiger charge is 2.13. The molecule has 100 valence electrons. The third kappa shape index (κ3) is 2.51. The fourth-order valence-corrected chi connectivity index (χ4v) is 2.33. The molecule has 0 spiro atoms. The van der Waals surface area contributed by atoms with Crippen LogP contribution in [-0.2, 0) is 0 Å². The van der Waals surface area contributed by atoms with Crippen molar-refractivity contribution >= 4 is 0 Å². The molecule has 0 amide bonds. The molecule has 0 bridgehead atoms. The van der Waals surface area contributed by atoms with Crippen LogP contribution >= 0.6 is 0 Å². The number of benzene rings is 1. The average molecular weight is 255 g/mol. The molecule has 2 N–H and O–H groups in total. The normalized spacial score (nSPS) is 12.5. The molecule has 1 aromatic heterocycles. The van der Waals surface area contributed by atoms with Crippen molar-refractivity contribution in [2.45, 2.75) is 40.7 Å². The van der Waals surface area contributed by atoms with Crippen molar-refractivity contribution in [2.24, 2.45) is 5.73 Å². The van der Waals surface area contributed by atoms with E-state index in [2.05, 4.69) is 43.7 Å². The Balaban J connectivity index is 2.68. The van der Waals surface area contributed by atoms with Crippen molar-refractivity contribution in [3.63, 3.8) is 0 Å². The standard InChI is InChI=1S/C16H21N3/c1-9-8-10(2)12(4)15(11(9)3)14-6-7-18-16(19-14)13(5)17/h6-8,13H,17H2,1-5H3. The van der Waals surface area contributed by atoms with E-state index >= 15 is 0 Å². The molecule has 1 unspecified atom stereocenters. The molecule has 0 fully saturated rings. The van der Waals surface area contributed by atoms with Crippen molar-refractivity contribution in [3.8, 4) is 11.3 Å². The van der Waals surface area contributed by atoms with E-state index in [0.717, 1.165) is 5.69 Å². The van der Waals surface area contributed by atoms with Gasteiger partial charge in [-0.3, -0.25) is 0 Å². The Morgan fingerprint density at radius 3 is 2.16 bits per heavy atom. The first kappa shape index (κ1) is 13.7. The molecule has 0 saturated carbocycles. The quantitative estimate of drug-likeness (QED) is 0.894. The van der Waals surface area contributed by atoms with Crippen LogP contribution in [0.25, 0.3) is 11.3 Å². The van der Waals surface area contributed by atoms with E-state index in [-0.39, 0.29) is 6.04 Å². The Bertz CT molecular complexity index is 589. The molecular formula is C16H21N3. The van der Waals surface area contributed by atoms with Crippen LogP contribution < -0.4 is 5.73 Å². The first-order chi connectivity index (χ1) is 8.91. The van der Waals surface area contributed by atoms with Crippen molar-refractivity contribution in [1.82, 2.24) is 9.97 Å². The number of rotatable bonds is 2. The number of aryl methyl sites for hydroxylation is 2. The van der Waals surface area contributed by atoms with E-state index in [0.29, 0.717) is 5.82 Å². The van der Waals surface area contributed by atoms with Crippen LogP contribution in [0.15, 0.2) is 18.3 Å². The van der Waals surface area contributed by atoms with Gasteiger partial charge in [0.2, 0.25) is 0 Å². The number of nitrogens with two attached hydrogens (primary N) is 1. The Morgan fingerprint density at radius 2 is 1.63 bits per heavy atom. The highest BCUT2D eigenvalue weighted by Crippen LogP contribution is 2.30. The lowest BCUT2D eigenvalue weighted by molar-refractivity contribution is 0.740. The Labute approximate surface area is 114 Å². The lowest BCUT2D eigenvalue weighted by Crippen LogP contribution is -2.10. The van der Waals surface area contributed by atoms with Crippen LogP contribution in [0, 0.1) is 27.7 Å². The summed E-state index contributed by atoms with van der Waals surface area (Å²) >= 11 is 0. The van der Waals surface area contributed by atoms with Crippen LogP contribution in [-0.4, -0.2) is 9.97 Å². The maximum atomic E-state index is 5.87. The summed E-state index contributed by atoms with van der Waals surface area (Å²) in [6.45, 7) is 10.5. The van der Waals surface area contributed by atoms with Crippen molar-refractivity contribution in [3.05, 3.63) is 46.4 Å². The van der Waals surface area contributed by atoms with Crippen molar-refractivity contribution in [1.29, 1.82) is 0 Å². The van der Waals surface area contributed by atoms with E-state index in [1.807, 2.05) is 13.0 Å². The van der Waals surface area contributed by atoms with Gasteiger partial charge in [0.15, 0.2) is 0 Å². The van der Waals surface area contributed by atoms with Gasteiger partial charge in [-0.15, -0.1) is 0 Å². The summed E-state index contributed by atoms with van der Waals surface area (Å²) in [6.07, 6.45) is 1.79. The third-order valence-electron chi connectivity index (χ3n) is 3.70. The Kier molecular flexibility index (Phi) is 3.67. The summed E-state index contributed by atoms with van der Waals surface area (Å²) in [4.78, 5) is 8.84. The fourth-order valence-electron chi connectivity index (χ4n) is 2.33. The third-order valence-corrected chi connectivity index (χ3v) is 3.70. The van der Waals surface area contributed by atoms with Crippen LogP contribution in [0.3, 0.4) is 0 Å². The Morgan fingerprint density at radius 1 is 1.05 bits per heavy atom. The topological polar surface area (TPSA) is 51.8 Å². The molecule has 1 atom stereocenters. The summed E-state index contributed by atoms with van der Waals surface area (Å²) < 4.78 is 0. The summed E-state index contributed by atoms with van der Waals surface area (Å²) in [5.74, 6) is 0.690. The summed E-state index contributed by atoms with van der Waals surface area (Å²) in [5.41, 5.74) is 13.2. The van der Waals surface area contributed by atoms with Crippen LogP contribution in [0.5, 0.6) is 0 Å². The van der Waals surface area contributed by atoms with Gasteiger partial charge in [0.25, 0.3) is 0 Å². The number of hydrogen-bond acceptors (Lipinski definition) is 3. The van der Waals surface area contributed by atoms with Gasteiger partial charge in [-0.05, 0) is 62.9 Å². The minimum Gasteiger partial charge on any atom is -0.322 e. The van der Waals surface area contributed by atoms with Gasteiger partial charge < -0.3 is 5.73 Å². The van der Waals surface area contributed by atoms with Crippen molar-refractivity contribution in [2.75, 3.05) is 0 Å². The van der Waals surface area contributed by atoms with E-state index in [9.17, 15) is 0 Å². The van der Waals surface area contributed by atoms with E-state index in [1.165, 1.54) is 27.8 Å². The lowest BCUT2D eigenvalue weighted by Gasteiger charge is -2.15. The zero-order chi connectivity index (χ0) is 14.2. The molecule has 3 nitrogen and oxygen atoms in total. The molecule has 0 aliphatic heterocycles. The van der Waals surface area contributed by atoms with Gasteiger partial charge in [0, 0.05) is 11.8 Å². The predicted molar refractivity (Wildman–Crippen MR) is 79.0 cm³/mol. The number of hydrogen-bond donors (Lipinski definition) is 1. The maximum absolute atomic E-state index is 5.87. The summed E-state index contributed by atoms with van der Waals surface area (Å²) in [6, 6.07) is 4.04. The summed E-state index contributed by atoms with van der Waals surface area (Å²) in [7, 11) is 0. The van der Waals surface area contributed by atoms with E-state index in [1.54, 1.807) is 6.20 Å². The monoisotopic (exact) mass is 255 g/mol. The highest BCUT2D eigenvalue weighted by atomic mass is 14.9. The van der Waals surface area contributed by atoms with Gasteiger partial charge in [0.05, 0.1) is 11.7 Å². The zero-order valence-electron chi connectivity index (χ0n) is 12.3. The SMILES string of the molecule is Cc1cc(C)c(C)c(-c2ccnc(C(C)N)n2)c1C. The van der Waals surface area contributed by atoms with Crippen molar-refractivity contribution < 1.29 is 0 Å². The first-order valence-corrected chi connectivity index (χ1v) is 6.58. The van der Waals surface area contributed by atoms with Crippen LogP contribution in [0.4, 0.5) is 0 Å². The molecule has 1 aromatic carbocycles. The molecule has 19 heavy (non-hydrogen) atoms. The summed E-state index contributed by atoms with van der Waals surface area (Å²) in [5, 5.41) is 0. The minimum atomic E-state index is -0.147. The molecule has 2 aromatic rings. The van der Waals surface area contributed by atoms with Gasteiger partial charge >= 0.3 is 0 Å². The lowest BCUT2D eigenvalue weighted by atomic mass is 9.92. The zero-order valence-corrected chi connectivity index (χ0v) is 12.3. The van der Waals surface area contributed by atoms with Crippen LogP contribution in [0.1, 0.15) is 41.0 Å². The molecule has 0 saturated heterocycles. The average Bonchev–Trinajstić information content (AvgIpc) is 2.37. The molecule has 0 aliphatic carbocycles. The van der Waals surface area contributed by atoms with Gasteiger partial charge in [-0.1, -0.05) is 6.07 Å². The van der Waals surface area contributed by atoms with Gasteiger partial charge in [-0.25, -0.2) is 9.97 Å². The number of aromatic nitrogens is 2. The molecule has 0 radical (unpaired) electrons. The van der Waals surface area contributed by atoms with E-state index < -0.39 is 0 Å². The molecule has 2 rings (SSSR count). The minimum absolute atomic E-state index is 0.147. The molecule has 0 aliphatic rings. The van der Waals surface area contributed by atoms with Gasteiger partial charge in [-0.2, -0.15) is 0 Å².